The third kappa shape index (κ3) is 5.59. The van der Waals surface area contributed by atoms with E-state index in [-0.39, 0.29) is 18.6 Å². The van der Waals surface area contributed by atoms with Crippen molar-refractivity contribution in [3.8, 4) is 0 Å². The van der Waals surface area contributed by atoms with Crippen LogP contribution in [0.2, 0.25) is 0 Å². The lowest BCUT2D eigenvalue weighted by atomic mass is 10.6. The summed E-state index contributed by atoms with van der Waals surface area (Å²) in [6.45, 7) is 4.98. The molecule has 0 spiro atoms. The molecule has 0 aliphatic carbocycles. The number of carbonyl (C=O) groups is 1. The molecule has 0 aliphatic heterocycles. The summed E-state index contributed by atoms with van der Waals surface area (Å²) in [6.07, 6.45) is 0.892. The Morgan fingerprint density at radius 3 is 2.60 bits per heavy atom. The summed E-state index contributed by atoms with van der Waals surface area (Å²) in [4.78, 5) is 10.4. The Labute approximate surface area is 66.9 Å². The summed E-state index contributed by atoms with van der Waals surface area (Å²) in [5.74, 6) is -0.406. The van der Waals surface area contributed by atoms with Crippen LogP contribution in [0.25, 0.3) is 0 Å². The normalized spacial score (nSPS) is 11.0. The largest absolute Gasteiger partial charge is 0.444 e. The van der Waals surface area contributed by atoms with Gasteiger partial charge in [0.15, 0.2) is 6.23 Å². The van der Waals surface area contributed by atoms with Crippen LogP contribution >= 0.6 is 12.4 Å². The molecule has 0 aromatic heterocycles. The minimum atomic E-state index is -0.406. The van der Waals surface area contributed by atoms with Gasteiger partial charge in [0.25, 0.3) is 0 Å². The van der Waals surface area contributed by atoms with Gasteiger partial charge in [-0.2, -0.15) is 0 Å². The van der Waals surface area contributed by atoms with Gasteiger partial charge in [0.2, 0.25) is 0 Å². The van der Waals surface area contributed by atoms with Crippen molar-refractivity contribution in [2.75, 3.05) is 7.05 Å². The van der Waals surface area contributed by atoms with Crippen molar-refractivity contribution in [2.45, 2.75) is 13.2 Å². The lowest BCUT2D eigenvalue weighted by Crippen LogP contribution is -2.26. The maximum absolute atomic E-state index is 10.4. The van der Waals surface area contributed by atoms with Crippen molar-refractivity contribution in [1.82, 2.24) is 5.32 Å². The zero-order valence-electron chi connectivity index (χ0n) is 6.09. The molecule has 1 N–H and O–H groups in total. The number of halogens is 1. The lowest BCUT2D eigenvalue weighted by molar-refractivity contribution is -0.143. The van der Waals surface area contributed by atoms with E-state index < -0.39 is 5.97 Å². The van der Waals surface area contributed by atoms with E-state index in [4.69, 9.17) is 0 Å². The van der Waals surface area contributed by atoms with Gasteiger partial charge in [0.05, 0.1) is 0 Å². The van der Waals surface area contributed by atoms with E-state index in [2.05, 4.69) is 16.6 Å². The van der Waals surface area contributed by atoms with E-state index in [0.717, 1.165) is 6.08 Å². The van der Waals surface area contributed by atoms with Gasteiger partial charge in [-0.3, -0.25) is 5.32 Å². The number of carbonyl (C=O) groups excluding carboxylic acids is 1. The molecule has 0 radical (unpaired) electrons. The Balaban J connectivity index is 0. The first-order valence-electron chi connectivity index (χ1n) is 2.71. The molecular formula is C6H12ClNO2. The number of ether oxygens (including phenoxy) is 1. The van der Waals surface area contributed by atoms with Gasteiger partial charge in [-0.05, 0) is 14.0 Å². The topological polar surface area (TPSA) is 38.3 Å². The minimum absolute atomic E-state index is 0. The van der Waals surface area contributed by atoms with Crippen LogP contribution in [0.1, 0.15) is 6.92 Å². The van der Waals surface area contributed by atoms with Gasteiger partial charge in [-0.25, -0.2) is 4.79 Å². The standard InChI is InChI=1S/C6H11NO2.ClH/c1-4-6(8)9-5(2)7-3;/h4-5,7H,1H2,2-3H3;1H. The highest BCUT2D eigenvalue weighted by atomic mass is 35.5. The molecule has 0 saturated carbocycles. The monoisotopic (exact) mass is 165 g/mol. The molecule has 0 aromatic carbocycles. The van der Waals surface area contributed by atoms with Crippen LogP contribution in [0, 0.1) is 0 Å². The van der Waals surface area contributed by atoms with E-state index in [9.17, 15) is 4.79 Å². The van der Waals surface area contributed by atoms with Crippen LogP contribution in [-0.2, 0) is 9.53 Å². The zero-order chi connectivity index (χ0) is 7.28. The molecule has 3 nitrogen and oxygen atoms in total. The van der Waals surface area contributed by atoms with Gasteiger partial charge in [0.1, 0.15) is 0 Å². The van der Waals surface area contributed by atoms with Crippen LogP contribution in [0.15, 0.2) is 12.7 Å². The van der Waals surface area contributed by atoms with Crippen LogP contribution in [0.5, 0.6) is 0 Å². The van der Waals surface area contributed by atoms with E-state index in [1.807, 2.05) is 0 Å². The van der Waals surface area contributed by atoms with Gasteiger partial charge in [-0.1, -0.05) is 6.58 Å². The fourth-order valence-corrected chi connectivity index (χ4v) is 0.281. The highest BCUT2D eigenvalue weighted by Crippen LogP contribution is 1.84. The molecule has 0 rings (SSSR count). The van der Waals surface area contributed by atoms with Crippen LogP contribution < -0.4 is 5.32 Å². The first-order chi connectivity index (χ1) is 4.20. The SMILES string of the molecule is C=CC(=O)OC(C)NC.Cl. The van der Waals surface area contributed by atoms with Gasteiger partial charge >= 0.3 is 5.97 Å². The highest BCUT2D eigenvalue weighted by molar-refractivity contribution is 5.85. The molecular weight excluding hydrogens is 154 g/mol. The number of hydrogen-bond acceptors (Lipinski definition) is 3. The molecule has 0 bridgehead atoms. The summed E-state index contributed by atoms with van der Waals surface area (Å²) in [6, 6.07) is 0. The lowest BCUT2D eigenvalue weighted by Gasteiger charge is -2.08. The van der Waals surface area contributed by atoms with Crippen LogP contribution in [-0.4, -0.2) is 19.2 Å². The van der Waals surface area contributed by atoms with Gasteiger partial charge in [-0.15, -0.1) is 12.4 Å². The van der Waals surface area contributed by atoms with Crippen molar-refractivity contribution in [2.24, 2.45) is 0 Å². The number of nitrogens with one attached hydrogen (secondary N) is 1. The molecule has 0 heterocycles. The first kappa shape index (κ1) is 12.2. The Bertz CT molecular complexity index is 116. The average Bonchev–Trinajstić information content (AvgIpc) is 1.87. The van der Waals surface area contributed by atoms with Crippen molar-refractivity contribution in [3.63, 3.8) is 0 Å². The average molecular weight is 166 g/mol. The van der Waals surface area contributed by atoms with Crippen LogP contribution in [0.3, 0.4) is 0 Å². The molecule has 10 heavy (non-hydrogen) atoms. The third-order valence-corrected chi connectivity index (χ3v) is 0.866. The van der Waals surface area contributed by atoms with Crippen molar-refractivity contribution in [3.05, 3.63) is 12.7 Å². The van der Waals surface area contributed by atoms with Gasteiger partial charge in [0, 0.05) is 6.08 Å². The summed E-state index contributed by atoms with van der Waals surface area (Å²) >= 11 is 0. The third-order valence-electron chi connectivity index (χ3n) is 0.866. The quantitative estimate of drug-likeness (QED) is 0.380. The molecule has 1 unspecified atom stereocenters. The molecule has 0 fully saturated rings. The molecule has 0 amide bonds. The Hall–Kier alpha value is -0.540. The number of hydrogen-bond donors (Lipinski definition) is 1. The Morgan fingerprint density at radius 2 is 2.30 bits per heavy atom. The van der Waals surface area contributed by atoms with Crippen molar-refractivity contribution in [1.29, 1.82) is 0 Å². The fraction of sp³-hybridized carbons (Fsp3) is 0.500. The summed E-state index contributed by atoms with van der Waals surface area (Å²) in [5.41, 5.74) is 0. The van der Waals surface area contributed by atoms with E-state index in [0.29, 0.717) is 0 Å². The maximum atomic E-state index is 10.4. The first-order valence-corrected chi connectivity index (χ1v) is 2.71. The smallest absolute Gasteiger partial charge is 0.331 e. The summed E-state index contributed by atoms with van der Waals surface area (Å²) in [5, 5.41) is 2.74. The molecule has 0 aliphatic rings. The summed E-state index contributed by atoms with van der Waals surface area (Å²) < 4.78 is 4.68. The second kappa shape index (κ2) is 6.58. The second-order valence-corrected chi connectivity index (χ2v) is 1.57. The summed E-state index contributed by atoms with van der Waals surface area (Å²) in [7, 11) is 1.71. The molecule has 0 saturated heterocycles. The molecule has 60 valence electrons. The predicted octanol–water partition coefficient (Wildman–Crippen LogP) is 0.703. The van der Waals surface area contributed by atoms with Crippen molar-refractivity contribution < 1.29 is 9.53 Å². The van der Waals surface area contributed by atoms with E-state index >= 15 is 0 Å². The van der Waals surface area contributed by atoms with Crippen LogP contribution in [0.4, 0.5) is 0 Å². The fourth-order valence-electron chi connectivity index (χ4n) is 0.281. The second-order valence-electron chi connectivity index (χ2n) is 1.57. The highest BCUT2D eigenvalue weighted by Gasteiger charge is 2.00. The number of esters is 1. The van der Waals surface area contributed by atoms with E-state index in [1.54, 1.807) is 14.0 Å². The molecule has 1 atom stereocenters. The molecule has 4 heteroatoms. The van der Waals surface area contributed by atoms with Gasteiger partial charge < -0.3 is 4.74 Å². The Kier molecular flexibility index (Phi) is 8.00. The van der Waals surface area contributed by atoms with Crippen molar-refractivity contribution >= 4 is 18.4 Å². The van der Waals surface area contributed by atoms with E-state index in [1.165, 1.54) is 0 Å². The predicted molar refractivity (Wildman–Crippen MR) is 42.1 cm³/mol. The zero-order valence-corrected chi connectivity index (χ0v) is 6.90. The molecule has 0 aromatic rings. The minimum Gasteiger partial charge on any atom is -0.444 e. The number of rotatable bonds is 3. The maximum Gasteiger partial charge on any atom is 0.331 e. The Morgan fingerprint density at radius 1 is 1.80 bits per heavy atom.